The second-order valence-electron chi connectivity index (χ2n) is 5.54. The van der Waals surface area contributed by atoms with Gasteiger partial charge in [0, 0.05) is 22.8 Å². The van der Waals surface area contributed by atoms with Crippen LogP contribution in [0.3, 0.4) is 0 Å². The second-order valence-corrected chi connectivity index (χ2v) is 6.46. The first-order valence-electron chi connectivity index (χ1n) is 7.04. The highest BCUT2D eigenvalue weighted by molar-refractivity contribution is 9.10. The van der Waals surface area contributed by atoms with Crippen molar-refractivity contribution in [3.63, 3.8) is 0 Å². The van der Waals surface area contributed by atoms with Gasteiger partial charge in [0.25, 0.3) is 0 Å². The van der Waals surface area contributed by atoms with Gasteiger partial charge in [0.15, 0.2) is 0 Å². The molecule has 1 heterocycles. The van der Waals surface area contributed by atoms with Crippen molar-refractivity contribution >= 4 is 21.9 Å². The molecule has 0 spiro atoms. The van der Waals surface area contributed by atoms with Gasteiger partial charge in [0.2, 0.25) is 0 Å². The lowest BCUT2D eigenvalue weighted by atomic mass is 9.67. The summed E-state index contributed by atoms with van der Waals surface area (Å²) in [7, 11) is 0. The summed E-state index contributed by atoms with van der Waals surface area (Å²) in [5.74, 6) is -0.751. The molecule has 0 aliphatic heterocycles. The van der Waals surface area contributed by atoms with Crippen molar-refractivity contribution < 1.29 is 9.90 Å². The van der Waals surface area contributed by atoms with Crippen LogP contribution in [0.4, 0.5) is 0 Å². The van der Waals surface area contributed by atoms with E-state index in [1.807, 2.05) is 36.4 Å². The summed E-state index contributed by atoms with van der Waals surface area (Å²) in [5.41, 5.74) is 2.07. The lowest BCUT2D eigenvalue weighted by Gasteiger charge is -2.35. The zero-order chi connectivity index (χ0) is 14.9. The van der Waals surface area contributed by atoms with Gasteiger partial charge in [-0.25, -0.2) is 0 Å². The molecule has 3 nitrogen and oxygen atoms in total. The molecule has 1 aliphatic carbocycles. The highest BCUT2D eigenvalue weighted by Gasteiger charge is 2.43. The summed E-state index contributed by atoms with van der Waals surface area (Å²) < 4.78 is 0.902. The van der Waals surface area contributed by atoms with Gasteiger partial charge in [-0.15, -0.1) is 0 Å². The van der Waals surface area contributed by atoms with Gasteiger partial charge in [0.05, 0.1) is 5.41 Å². The fraction of sp³-hybridized carbons (Fsp3) is 0.294. The molecule has 0 saturated carbocycles. The first-order chi connectivity index (χ1) is 10.1. The van der Waals surface area contributed by atoms with Crippen molar-refractivity contribution in [3.8, 4) is 0 Å². The average Bonchev–Trinajstić information content (AvgIpc) is 2.50. The topological polar surface area (TPSA) is 50.2 Å². The average molecular weight is 346 g/mol. The fourth-order valence-corrected chi connectivity index (χ4v) is 3.46. The summed E-state index contributed by atoms with van der Waals surface area (Å²) in [4.78, 5) is 16.4. The number of pyridine rings is 1. The maximum atomic E-state index is 12.1. The summed E-state index contributed by atoms with van der Waals surface area (Å²) in [6, 6.07) is 11.7. The quantitative estimate of drug-likeness (QED) is 0.921. The van der Waals surface area contributed by atoms with Crippen molar-refractivity contribution in [3.05, 3.63) is 63.9 Å². The third-order valence-corrected chi connectivity index (χ3v) is 4.73. The maximum absolute atomic E-state index is 12.1. The third-order valence-electron chi connectivity index (χ3n) is 4.26. The van der Waals surface area contributed by atoms with E-state index >= 15 is 0 Å². The highest BCUT2D eigenvalue weighted by atomic mass is 79.9. The number of carboxylic acid groups (broad SMARTS) is 1. The van der Waals surface area contributed by atoms with Crippen LogP contribution in [0.25, 0.3) is 0 Å². The molecule has 1 aliphatic rings. The van der Waals surface area contributed by atoms with Gasteiger partial charge in [-0.05, 0) is 58.5 Å². The van der Waals surface area contributed by atoms with E-state index in [1.54, 1.807) is 6.20 Å². The van der Waals surface area contributed by atoms with Gasteiger partial charge in [-0.3, -0.25) is 9.78 Å². The number of benzene rings is 1. The van der Waals surface area contributed by atoms with E-state index in [0.29, 0.717) is 12.8 Å². The Balaban J connectivity index is 2.05. The van der Waals surface area contributed by atoms with Crippen LogP contribution in [-0.2, 0) is 23.1 Å². The Bertz CT molecular complexity index is 669. The predicted octanol–water partition coefficient (Wildman–Crippen LogP) is 3.75. The van der Waals surface area contributed by atoms with Crippen LogP contribution in [0.2, 0.25) is 0 Å². The number of hydrogen-bond acceptors (Lipinski definition) is 2. The number of aromatic nitrogens is 1. The molecule has 3 rings (SSSR count). The van der Waals surface area contributed by atoms with Gasteiger partial charge in [0.1, 0.15) is 0 Å². The maximum Gasteiger partial charge on any atom is 0.314 e. The first-order valence-corrected chi connectivity index (χ1v) is 7.83. The number of halogens is 1. The van der Waals surface area contributed by atoms with Crippen molar-refractivity contribution in [1.29, 1.82) is 0 Å². The minimum atomic E-state index is -0.852. The summed E-state index contributed by atoms with van der Waals surface area (Å²) in [6.07, 6.45) is 4.68. The Morgan fingerprint density at radius 1 is 1.29 bits per heavy atom. The molecule has 4 heteroatoms. The number of carbonyl (C=O) groups is 1. The molecule has 1 aromatic heterocycles. The van der Waals surface area contributed by atoms with E-state index in [2.05, 4.69) is 20.9 Å². The van der Waals surface area contributed by atoms with Gasteiger partial charge >= 0.3 is 5.97 Å². The molecule has 1 N–H and O–H groups in total. The van der Waals surface area contributed by atoms with Crippen LogP contribution in [0.15, 0.2) is 47.1 Å². The van der Waals surface area contributed by atoms with Gasteiger partial charge in [-0.1, -0.05) is 24.3 Å². The first kappa shape index (κ1) is 14.3. The molecule has 0 fully saturated rings. The van der Waals surface area contributed by atoms with E-state index in [1.165, 1.54) is 0 Å². The number of hydrogen-bond donors (Lipinski definition) is 1. The van der Waals surface area contributed by atoms with Crippen LogP contribution < -0.4 is 0 Å². The normalized spacial score (nSPS) is 20.8. The van der Waals surface area contributed by atoms with Crippen molar-refractivity contribution in [2.75, 3.05) is 0 Å². The van der Waals surface area contributed by atoms with E-state index in [4.69, 9.17) is 0 Å². The molecule has 0 radical (unpaired) electrons. The number of aryl methyl sites for hydroxylation is 1. The van der Waals surface area contributed by atoms with E-state index in [-0.39, 0.29) is 0 Å². The Kier molecular flexibility index (Phi) is 3.81. The van der Waals surface area contributed by atoms with Crippen molar-refractivity contribution in [2.45, 2.75) is 31.1 Å². The number of carboxylic acids is 1. The Hall–Kier alpha value is -1.68. The number of rotatable bonds is 3. The number of fused-ring (bicyclic) bond motifs is 1. The SMILES string of the molecule is O=C(O)C1(Cc2ccc(Br)cn2)CCCc2ccccc21. The fourth-order valence-electron chi connectivity index (χ4n) is 3.22. The standard InChI is InChI=1S/C17H16BrNO2/c18-13-7-8-14(19-11-13)10-17(16(20)21)9-3-5-12-4-1-2-6-15(12)17/h1-2,4,6-8,11H,3,5,9-10H2,(H,20,21). The van der Waals surface area contributed by atoms with Crippen molar-refractivity contribution in [2.24, 2.45) is 0 Å². The van der Waals surface area contributed by atoms with Crippen LogP contribution in [0.1, 0.15) is 29.7 Å². The highest BCUT2D eigenvalue weighted by Crippen LogP contribution is 2.40. The summed E-state index contributed by atoms with van der Waals surface area (Å²) in [6.45, 7) is 0. The minimum Gasteiger partial charge on any atom is -0.481 e. The molecule has 108 valence electrons. The largest absolute Gasteiger partial charge is 0.481 e. The molecule has 1 unspecified atom stereocenters. The number of aliphatic carboxylic acids is 1. The van der Waals surface area contributed by atoms with E-state index in [0.717, 1.165) is 34.1 Å². The molecule has 21 heavy (non-hydrogen) atoms. The summed E-state index contributed by atoms with van der Waals surface area (Å²) >= 11 is 3.36. The molecule has 1 atom stereocenters. The van der Waals surface area contributed by atoms with Gasteiger partial charge in [-0.2, -0.15) is 0 Å². The zero-order valence-electron chi connectivity index (χ0n) is 11.6. The molecule has 1 aromatic carbocycles. The monoisotopic (exact) mass is 345 g/mol. The Morgan fingerprint density at radius 2 is 2.10 bits per heavy atom. The predicted molar refractivity (Wildman–Crippen MR) is 84.3 cm³/mol. The molecular formula is C17H16BrNO2. The molecule has 0 amide bonds. The Morgan fingerprint density at radius 3 is 2.81 bits per heavy atom. The lowest BCUT2D eigenvalue weighted by molar-refractivity contribution is -0.144. The van der Waals surface area contributed by atoms with Crippen LogP contribution in [0, 0.1) is 0 Å². The van der Waals surface area contributed by atoms with Crippen LogP contribution in [0.5, 0.6) is 0 Å². The molecule has 0 bridgehead atoms. The summed E-state index contributed by atoms with van der Waals surface area (Å²) in [5, 5.41) is 9.91. The third kappa shape index (κ3) is 2.60. The van der Waals surface area contributed by atoms with Gasteiger partial charge < -0.3 is 5.11 Å². The van der Waals surface area contributed by atoms with E-state index < -0.39 is 11.4 Å². The molecule has 0 saturated heterocycles. The van der Waals surface area contributed by atoms with Crippen LogP contribution in [-0.4, -0.2) is 16.1 Å². The van der Waals surface area contributed by atoms with E-state index in [9.17, 15) is 9.90 Å². The molecular weight excluding hydrogens is 330 g/mol. The lowest BCUT2D eigenvalue weighted by Crippen LogP contribution is -2.41. The zero-order valence-corrected chi connectivity index (χ0v) is 13.1. The smallest absolute Gasteiger partial charge is 0.314 e. The van der Waals surface area contributed by atoms with Crippen molar-refractivity contribution in [1.82, 2.24) is 4.98 Å². The Labute approximate surface area is 132 Å². The molecule has 2 aromatic rings. The minimum absolute atomic E-state index is 0.437. The number of nitrogens with zero attached hydrogens (tertiary/aromatic N) is 1. The second kappa shape index (κ2) is 5.60. The van der Waals surface area contributed by atoms with Crippen LogP contribution >= 0.6 is 15.9 Å².